The Kier molecular flexibility index (Phi) is 4.50. The first-order chi connectivity index (χ1) is 7.57. The van der Waals surface area contributed by atoms with E-state index in [-0.39, 0.29) is 0 Å². The van der Waals surface area contributed by atoms with Crippen molar-refractivity contribution < 1.29 is 23.5 Å². The average Bonchev–Trinajstić information content (AvgIpc) is 2.37. The van der Waals surface area contributed by atoms with Crippen molar-refractivity contribution in [1.29, 1.82) is 0 Å². The summed E-state index contributed by atoms with van der Waals surface area (Å²) >= 11 is 0. The molecule has 5 nitrogen and oxygen atoms in total. The Bertz CT molecular complexity index is 367. The molecule has 0 heterocycles. The Morgan fingerprint density at radius 2 is 1.62 bits per heavy atom. The normalized spacial score (nSPS) is 13.5. The predicted octanol–water partition coefficient (Wildman–Crippen LogP) is 2.17. The number of methoxy groups -OCH3 is 1. The molecule has 0 aliphatic carbocycles. The molecule has 6 heteroatoms. The summed E-state index contributed by atoms with van der Waals surface area (Å²) in [7, 11) is 0.506. The Morgan fingerprint density at radius 1 is 1.12 bits per heavy atom. The summed E-state index contributed by atoms with van der Waals surface area (Å²) < 4.78 is 26.3. The third kappa shape index (κ3) is 2.62. The van der Waals surface area contributed by atoms with Gasteiger partial charge in [0.25, 0.3) is 0 Å². The molecule has 0 saturated carbocycles. The minimum atomic E-state index is -3.50. The Morgan fingerprint density at radius 3 is 2.00 bits per heavy atom. The van der Waals surface area contributed by atoms with Crippen LogP contribution >= 0.6 is 7.60 Å². The summed E-state index contributed by atoms with van der Waals surface area (Å²) in [4.78, 5) is 0. The van der Waals surface area contributed by atoms with Crippen molar-refractivity contribution in [3.63, 3.8) is 0 Å². The second-order valence-corrected chi connectivity index (χ2v) is 5.35. The Hall–Kier alpha value is -0.870. The number of aliphatic hydroxyl groups excluding tert-OH is 1. The lowest BCUT2D eigenvalue weighted by Crippen LogP contribution is -2.02. The Labute approximate surface area is 94.5 Å². The van der Waals surface area contributed by atoms with Gasteiger partial charge in [-0.3, -0.25) is 4.57 Å². The summed E-state index contributed by atoms with van der Waals surface area (Å²) in [6.07, 6.45) is 0. The van der Waals surface area contributed by atoms with Gasteiger partial charge in [-0.2, -0.15) is 0 Å². The van der Waals surface area contributed by atoms with Crippen molar-refractivity contribution in [3.05, 3.63) is 29.8 Å². The first-order valence-corrected chi connectivity index (χ1v) is 6.21. The third-order valence-corrected chi connectivity index (χ3v) is 4.14. The van der Waals surface area contributed by atoms with Gasteiger partial charge in [0.2, 0.25) is 0 Å². The molecule has 0 radical (unpaired) electrons. The minimum Gasteiger partial charge on any atom is -0.497 e. The number of hydrogen-bond acceptors (Lipinski definition) is 5. The van der Waals surface area contributed by atoms with E-state index >= 15 is 0 Å². The van der Waals surface area contributed by atoms with Crippen LogP contribution in [0.25, 0.3) is 0 Å². The van der Waals surface area contributed by atoms with E-state index in [2.05, 4.69) is 0 Å². The first-order valence-electron chi connectivity index (χ1n) is 4.60. The molecule has 1 aromatic rings. The molecule has 0 bridgehead atoms. The molecule has 0 saturated heterocycles. The molecule has 0 spiro atoms. The van der Waals surface area contributed by atoms with Crippen LogP contribution in [-0.4, -0.2) is 26.4 Å². The quantitative estimate of drug-likeness (QED) is 0.806. The Balaban J connectivity index is 2.95. The molecule has 0 unspecified atom stereocenters. The number of benzene rings is 1. The van der Waals surface area contributed by atoms with Crippen LogP contribution in [0.15, 0.2) is 24.3 Å². The number of rotatable bonds is 5. The fraction of sp³-hybridized carbons (Fsp3) is 0.400. The van der Waals surface area contributed by atoms with Crippen molar-refractivity contribution in [2.24, 2.45) is 0 Å². The van der Waals surface area contributed by atoms with Crippen molar-refractivity contribution in [2.75, 3.05) is 21.3 Å². The lowest BCUT2D eigenvalue weighted by atomic mass is 10.2. The maximum Gasteiger partial charge on any atom is 0.362 e. The molecule has 1 aromatic carbocycles. The largest absolute Gasteiger partial charge is 0.497 e. The average molecular weight is 246 g/mol. The zero-order valence-corrected chi connectivity index (χ0v) is 10.3. The lowest BCUT2D eigenvalue weighted by molar-refractivity contribution is 0.176. The second-order valence-electron chi connectivity index (χ2n) is 3.05. The fourth-order valence-corrected chi connectivity index (χ4v) is 2.32. The van der Waals surface area contributed by atoms with Crippen LogP contribution in [-0.2, 0) is 13.6 Å². The molecule has 0 aliphatic heterocycles. The molecule has 16 heavy (non-hydrogen) atoms. The number of aliphatic hydroxyl groups is 1. The molecule has 1 atom stereocenters. The summed E-state index contributed by atoms with van der Waals surface area (Å²) in [6.45, 7) is 0. The van der Waals surface area contributed by atoms with Crippen LogP contribution < -0.4 is 4.74 Å². The SMILES string of the molecule is COc1ccc([C@H](O)P(=O)(OC)OC)cc1. The van der Waals surface area contributed by atoms with E-state index in [0.717, 1.165) is 0 Å². The van der Waals surface area contributed by atoms with Crippen LogP contribution in [0.4, 0.5) is 0 Å². The van der Waals surface area contributed by atoms with Gasteiger partial charge in [0.1, 0.15) is 5.75 Å². The number of ether oxygens (including phenoxy) is 1. The van der Waals surface area contributed by atoms with Crippen LogP contribution in [0.3, 0.4) is 0 Å². The fourth-order valence-electron chi connectivity index (χ4n) is 1.23. The van der Waals surface area contributed by atoms with Crippen LogP contribution in [0.2, 0.25) is 0 Å². The maximum atomic E-state index is 11.9. The van der Waals surface area contributed by atoms with E-state index in [1.807, 2.05) is 0 Å². The van der Waals surface area contributed by atoms with Gasteiger partial charge in [-0.25, -0.2) is 0 Å². The van der Waals surface area contributed by atoms with E-state index in [1.54, 1.807) is 31.4 Å². The van der Waals surface area contributed by atoms with Gasteiger partial charge in [-0.05, 0) is 17.7 Å². The molecule has 0 aromatic heterocycles. The van der Waals surface area contributed by atoms with Crippen molar-refractivity contribution in [2.45, 2.75) is 5.85 Å². The zero-order chi connectivity index (χ0) is 12.2. The van der Waals surface area contributed by atoms with Crippen molar-refractivity contribution in [1.82, 2.24) is 0 Å². The van der Waals surface area contributed by atoms with Gasteiger partial charge >= 0.3 is 7.60 Å². The van der Waals surface area contributed by atoms with Crippen molar-refractivity contribution in [3.8, 4) is 5.75 Å². The van der Waals surface area contributed by atoms with Crippen LogP contribution in [0.5, 0.6) is 5.75 Å². The van der Waals surface area contributed by atoms with Crippen LogP contribution in [0, 0.1) is 0 Å². The third-order valence-electron chi connectivity index (χ3n) is 2.22. The zero-order valence-electron chi connectivity index (χ0n) is 9.41. The highest BCUT2D eigenvalue weighted by Gasteiger charge is 2.33. The highest BCUT2D eigenvalue weighted by Crippen LogP contribution is 2.58. The van der Waals surface area contributed by atoms with Gasteiger partial charge in [0.15, 0.2) is 5.85 Å². The molecule has 0 amide bonds. The summed E-state index contributed by atoms with van der Waals surface area (Å²) in [5.74, 6) is -0.644. The first kappa shape index (κ1) is 13.2. The van der Waals surface area contributed by atoms with Gasteiger partial charge in [0.05, 0.1) is 7.11 Å². The van der Waals surface area contributed by atoms with E-state index in [9.17, 15) is 9.67 Å². The molecule has 90 valence electrons. The minimum absolute atomic E-state index is 0.452. The van der Waals surface area contributed by atoms with Gasteiger partial charge in [0, 0.05) is 14.2 Å². The number of hydrogen-bond donors (Lipinski definition) is 1. The van der Waals surface area contributed by atoms with Gasteiger partial charge < -0.3 is 18.9 Å². The summed E-state index contributed by atoms with van der Waals surface area (Å²) in [5.41, 5.74) is 0.452. The monoisotopic (exact) mass is 246 g/mol. The molecule has 0 aliphatic rings. The maximum absolute atomic E-state index is 11.9. The summed E-state index contributed by atoms with van der Waals surface area (Å²) in [6, 6.07) is 6.53. The second kappa shape index (κ2) is 5.46. The predicted molar refractivity (Wildman–Crippen MR) is 59.6 cm³/mol. The standard InChI is InChI=1S/C10H15O5P/c1-13-9-6-4-8(5-7-9)10(11)16(12,14-2)15-3/h4-7,10-11H,1-3H3/t10-/m1/s1. The summed E-state index contributed by atoms with van der Waals surface area (Å²) in [5, 5.41) is 9.85. The van der Waals surface area contributed by atoms with Gasteiger partial charge in [-0.1, -0.05) is 12.1 Å². The topological polar surface area (TPSA) is 65.0 Å². The molecule has 1 N–H and O–H groups in total. The highest BCUT2D eigenvalue weighted by atomic mass is 31.2. The van der Waals surface area contributed by atoms with Gasteiger partial charge in [-0.15, -0.1) is 0 Å². The van der Waals surface area contributed by atoms with E-state index < -0.39 is 13.4 Å². The molecule has 1 rings (SSSR count). The molecular weight excluding hydrogens is 231 g/mol. The lowest BCUT2D eigenvalue weighted by Gasteiger charge is -2.19. The highest BCUT2D eigenvalue weighted by molar-refractivity contribution is 7.53. The molecule has 0 fully saturated rings. The van der Waals surface area contributed by atoms with E-state index in [4.69, 9.17) is 13.8 Å². The van der Waals surface area contributed by atoms with Crippen molar-refractivity contribution >= 4 is 7.60 Å². The molecular formula is C10H15O5P. The smallest absolute Gasteiger partial charge is 0.362 e. The van der Waals surface area contributed by atoms with E-state index in [0.29, 0.717) is 11.3 Å². The van der Waals surface area contributed by atoms with Crippen LogP contribution in [0.1, 0.15) is 11.4 Å². The van der Waals surface area contributed by atoms with E-state index in [1.165, 1.54) is 14.2 Å².